The first kappa shape index (κ1) is 12.5. The van der Waals surface area contributed by atoms with Crippen LogP contribution in [-0.4, -0.2) is 43.1 Å². The fourth-order valence-electron chi connectivity index (χ4n) is 0.638. The molecule has 0 saturated carbocycles. The number of hydrogen-bond acceptors (Lipinski definition) is 2. The third kappa shape index (κ3) is 6.09. The molecular formula is C6H11F3N4O. The van der Waals surface area contributed by atoms with E-state index in [9.17, 15) is 18.0 Å². The number of amidine groups is 1. The van der Waals surface area contributed by atoms with Gasteiger partial charge in [-0.1, -0.05) is 0 Å². The van der Waals surface area contributed by atoms with Gasteiger partial charge >= 0.3 is 12.2 Å². The molecule has 14 heavy (non-hydrogen) atoms. The van der Waals surface area contributed by atoms with E-state index in [1.54, 1.807) is 5.32 Å². The summed E-state index contributed by atoms with van der Waals surface area (Å²) in [6.45, 7) is -1.60. The minimum Gasteiger partial charge on any atom is -0.386 e. The average Bonchev–Trinajstić information content (AvgIpc) is 1.97. The van der Waals surface area contributed by atoms with Crippen LogP contribution in [0.15, 0.2) is 0 Å². The van der Waals surface area contributed by atoms with Crippen LogP contribution in [0.1, 0.15) is 0 Å². The van der Waals surface area contributed by atoms with Gasteiger partial charge in [0.15, 0.2) is 0 Å². The Bertz CT molecular complexity index is 228. The summed E-state index contributed by atoms with van der Waals surface area (Å²) in [5.41, 5.74) is 4.95. The Morgan fingerprint density at radius 3 is 2.43 bits per heavy atom. The monoisotopic (exact) mass is 212 g/mol. The molecule has 0 heterocycles. The molecule has 0 rings (SSSR count). The predicted molar refractivity (Wildman–Crippen MR) is 44.0 cm³/mol. The number of nitrogens with one attached hydrogen (secondary N) is 2. The maximum Gasteiger partial charge on any atom is 0.405 e. The molecule has 0 aromatic rings. The summed E-state index contributed by atoms with van der Waals surface area (Å²) in [6, 6.07) is -0.919. The van der Waals surface area contributed by atoms with Gasteiger partial charge in [-0.15, -0.1) is 0 Å². The number of rotatable bonds is 3. The van der Waals surface area contributed by atoms with Crippen molar-refractivity contribution in [1.29, 1.82) is 5.41 Å². The first-order valence-corrected chi connectivity index (χ1v) is 3.61. The highest BCUT2D eigenvalue weighted by Gasteiger charge is 2.28. The first-order valence-electron chi connectivity index (χ1n) is 3.61. The summed E-state index contributed by atoms with van der Waals surface area (Å²) in [4.78, 5) is 11.8. The van der Waals surface area contributed by atoms with Crippen molar-refractivity contribution in [2.75, 3.05) is 20.1 Å². The molecule has 2 amide bonds. The molecule has 8 heteroatoms. The highest BCUT2D eigenvalue weighted by atomic mass is 19.4. The smallest absolute Gasteiger partial charge is 0.386 e. The summed E-state index contributed by atoms with van der Waals surface area (Å²) in [5.74, 6) is -0.297. The fourth-order valence-corrected chi connectivity index (χ4v) is 0.638. The molecule has 0 aliphatic carbocycles. The number of carbonyl (C=O) groups is 1. The van der Waals surface area contributed by atoms with Crippen LogP contribution in [0.5, 0.6) is 0 Å². The molecule has 4 N–H and O–H groups in total. The molecular weight excluding hydrogens is 201 g/mol. The molecule has 0 fully saturated rings. The molecule has 82 valence electrons. The van der Waals surface area contributed by atoms with Gasteiger partial charge in [0.05, 0.1) is 6.54 Å². The zero-order valence-corrected chi connectivity index (χ0v) is 7.48. The van der Waals surface area contributed by atoms with Crippen LogP contribution in [0.3, 0.4) is 0 Å². The molecule has 0 saturated heterocycles. The molecule has 0 bridgehead atoms. The minimum atomic E-state index is -4.44. The molecule has 5 nitrogen and oxygen atoms in total. The summed E-state index contributed by atoms with van der Waals surface area (Å²) in [5, 5.41) is 8.44. The van der Waals surface area contributed by atoms with Crippen molar-refractivity contribution >= 4 is 11.9 Å². The summed E-state index contributed by atoms with van der Waals surface area (Å²) < 4.78 is 34.9. The molecule has 0 aromatic carbocycles. The highest BCUT2D eigenvalue weighted by Crippen LogP contribution is 2.12. The van der Waals surface area contributed by atoms with Gasteiger partial charge in [-0.3, -0.25) is 5.41 Å². The molecule has 0 unspecified atom stereocenters. The van der Waals surface area contributed by atoms with E-state index in [0.29, 0.717) is 0 Å². The normalized spacial score (nSPS) is 10.9. The van der Waals surface area contributed by atoms with Crippen LogP contribution in [0, 0.1) is 5.41 Å². The number of nitrogens with two attached hydrogens (primary N) is 1. The summed E-state index contributed by atoms with van der Waals surface area (Å²) in [7, 11) is 1.24. The van der Waals surface area contributed by atoms with Crippen LogP contribution >= 0.6 is 0 Å². The quantitative estimate of drug-likeness (QED) is 0.459. The van der Waals surface area contributed by atoms with Gasteiger partial charge in [-0.2, -0.15) is 13.2 Å². The number of amides is 2. The number of hydrogen-bond donors (Lipinski definition) is 3. The Kier molecular flexibility index (Phi) is 4.19. The van der Waals surface area contributed by atoms with Gasteiger partial charge in [0.25, 0.3) is 0 Å². The lowest BCUT2D eigenvalue weighted by atomic mass is 10.5. The lowest BCUT2D eigenvalue weighted by Gasteiger charge is -2.17. The number of nitrogens with zero attached hydrogens (tertiary/aromatic N) is 1. The number of urea groups is 1. The Balaban J connectivity index is 3.91. The Labute approximate surface area is 78.6 Å². The van der Waals surface area contributed by atoms with E-state index in [2.05, 4.69) is 0 Å². The molecule has 0 radical (unpaired) electrons. The lowest BCUT2D eigenvalue weighted by molar-refractivity contribution is -0.123. The number of alkyl halides is 3. The van der Waals surface area contributed by atoms with Crippen molar-refractivity contribution < 1.29 is 18.0 Å². The molecule has 0 spiro atoms. The van der Waals surface area contributed by atoms with Crippen molar-refractivity contribution in [3.8, 4) is 0 Å². The van der Waals surface area contributed by atoms with E-state index < -0.39 is 18.8 Å². The van der Waals surface area contributed by atoms with Crippen LogP contribution < -0.4 is 11.1 Å². The van der Waals surface area contributed by atoms with Gasteiger partial charge in [0.2, 0.25) is 0 Å². The largest absolute Gasteiger partial charge is 0.405 e. The lowest BCUT2D eigenvalue weighted by Crippen LogP contribution is -2.44. The highest BCUT2D eigenvalue weighted by molar-refractivity contribution is 5.84. The summed E-state index contributed by atoms with van der Waals surface area (Å²) in [6.07, 6.45) is -4.44. The number of carbonyl (C=O) groups excluding carboxylic acids is 1. The van der Waals surface area contributed by atoms with Crippen LogP contribution in [0.4, 0.5) is 18.0 Å². The van der Waals surface area contributed by atoms with Crippen molar-refractivity contribution in [3.05, 3.63) is 0 Å². The van der Waals surface area contributed by atoms with E-state index in [-0.39, 0.29) is 12.4 Å². The van der Waals surface area contributed by atoms with Gasteiger partial charge in [0.1, 0.15) is 12.4 Å². The molecule has 0 aliphatic heterocycles. The minimum absolute atomic E-state index is 0.205. The SMILES string of the molecule is CN(CC(=N)N)C(=O)NCC(F)(F)F. The average molecular weight is 212 g/mol. The van der Waals surface area contributed by atoms with Crippen LogP contribution in [-0.2, 0) is 0 Å². The van der Waals surface area contributed by atoms with Crippen molar-refractivity contribution in [1.82, 2.24) is 10.2 Å². The van der Waals surface area contributed by atoms with Crippen molar-refractivity contribution in [3.63, 3.8) is 0 Å². The van der Waals surface area contributed by atoms with Crippen molar-refractivity contribution in [2.45, 2.75) is 6.18 Å². The third-order valence-corrected chi connectivity index (χ3v) is 1.19. The molecule has 0 aliphatic rings. The maximum atomic E-state index is 11.6. The van der Waals surface area contributed by atoms with Gasteiger partial charge in [-0.25, -0.2) is 4.79 Å². The number of likely N-dealkylation sites (N-methyl/N-ethyl adjacent to an activating group) is 1. The van der Waals surface area contributed by atoms with E-state index in [0.717, 1.165) is 4.90 Å². The molecule has 0 atom stereocenters. The zero-order chi connectivity index (χ0) is 11.4. The number of halogens is 3. The second-order valence-electron chi connectivity index (χ2n) is 2.66. The van der Waals surface area contributed by atoms with Gasteiger partial charge in [0, 0.05) is 7.05 Å². The summed E-state index contributed by atoms with van der Waals surface area (Å²) >= 11 is 0. The fraction of sp³-hybridized carbons (Fsp3) is 0.667. The Morgan fingerprint density at radius 1 is 1.57 bits per heavy atom. The van der Waals surface area contributed by atoms with E-state index in [1.165, 1.54) is 7.05 Å². The second kappa shape index (κ2) is 4.68. The topological polar surface area (TPSA) is 82.2 Å². The van der Waals surface area contributed by atoms with E-state index >= 15 is 0 Å². The van der Waals surface area contributed by atoms with Crippen LogP contribution in [0.25, 0.3) is 0 Å². The Hall–Kier alpha value is -1.47. The molecule has 0 aromatic heterocycles. The first-order chi connectivity index (χ1) is 6.22. The van der Waals surface area contributed by atoms with Gasteiger partial charge < -0.3 is 16.0 Å². The van der Waals surface area contributed by atoms with Gasteiger partial charge in [-0.05, 0) is 0 Å². The third-order valence-electron chi connectivity index (χ3n) is 1.19. The van der Waals surface area contributed by atoms with Crippen molar-refractivity contribution in [2.24, 2.45) is 5.73 Å². The zero-order valence-electron chi connectivity index (χ0n) is 7.48. The Morgan fingerprint density at radius 2 is 2.07 bits per heavy atom. The van der Waals surface area contributed by atoms with E-state index in [1.807, 2.05) is 0 Å². The van der Waals surface area contributed by atoms with Crippen LogP contribution in [0.2, 0.25) is 0 Å². The second-order valence-corrected chi connectivity index (χ2v) is 2.66. The van der Waals surface area contributed by atoms with E-state index in [4.69, 9.17) is 11.1 Å². The standard InChI is InChI=1S/C6H11F3N4O/c1-13(2-4(10)11)5(14)12-3-6(7,8)9/h2-3H2,1H3,(H3,10,11)(H,12,14). The maximum absolute atomic E-state index is 11.6. The predicted octanol–water partition coefficient (Wildman–Crippen LogP) is 0.126.